The Morgan fingerprint density at radius 2 is 1.62 bits per heavy atom. The van der Waals surface area contributed by atoms with E-state index in [4.69, 9.17) is 4.74 Å². The zero-order valence-corrected chi connectivity index (χ0v) is 18.0. The number of ether oxygens (including phenoxy) is 1. The van der Waals surface area contributed by atoms with E-state index in [1.165, 1.54) is 0 Å². The summed E-state index contributed by atoms with van der Waals surface area (Å²) in [5.74, 6) is -0.583. The van der Waals surface area contributed by atoms with E-state index in [9.17, 15) is 14.7 Å². The first-order valence-electron chi connectivity index (χ1n) is 11.0. The van der Waals surface area contributed by atoms with Crippen LogP contribution in [-0.4, -0.2) is 34.8 Å². The van der Waals surface area contributed by atoms with Gasteiger partial charge in [0, 0.05) is 11.6 Å². The van der Waals surface area contributed by atoms with Crippen LogP contribution in [0.3, 0.4) is 0 Å². The van der Waals surface area contributed by atoms with Gasteiger partial charge >= 0.3 is 0 Å². The predicted molar refractivity (Wildman–Crippen MR) is 123 cm³/mol. The molecule has 1 saturated heterocycles. The number of hydrogen-bond acceptors (Lipinski definition) is 4. The van der Waals surface area contributed by atoms with E-state index in [0.717, 1.165) is 42.0 Å². The van der Waals surface area contributed by atoms with Gasteiger partial charge in [-0.3, -0.25) is 9.59 Å². The molecule has 1 N–H and O–H groups in total. The van der Waals surface area contributed by atoms with Crippen LogP contribution in [0.5, 0.6) is 5.75 Å². The predicted octanol–water partition coefficient (Wildman–Crippen LogP) is 5.21. The molecule has 5 nitrogen and oxygen atoms in total. The molecule has 1 unspecified atom stereocenters. The highest BCUT2D eigenvalue weighted by molar-refractivity contribution is 6.46. The van der Waals surface area contributed by atoms with Gasteiger partial charge in [-0.15, -0.1) is 0 Å². The molecule has 0 bridgehead atoms. The number of ketones is 1. The number of methoxy groups -OCH3 is 1. The minimum Gasteiger partial charge on any atom is -0.507 e. The number of amides is 1. The van der Waals surface area contributed by atoms with Crippen LogP contribution in [0, 0.1) is 0 Å². The molecule has 2 aliphatic rings. The summed E-state index contributed by atoms with van der Waals surface area (Å²) in [6.07, 6.45) is 3.81. The summed E-state index contributed by atoms with van der Waals surface area (Å²) in [5.41, 5.74) is 1.48. The average molecular weight is 428 g/mol. The van der Waals surface area contributed by atoms with Crippen molar-refractivity contribution in [3.05, 3.63) is 83.4 Å². The Hall–Kier alpha value is -3.60. The summed E-state index contributed by atoms with van der Waals surface area (Å²) in [4.78, 5) is 28.1. The molecular formula is C27H25NO4. The molecule has 5 rings (SSSR count). The molecule has 1 saturated carbocycles. The summed E-state index contributed by atoms with van der Waals surface area (Å²) in [7, 11) is 1.60. The topological polar surface area (TPSA) is 66.8 Å². The van der Waals surface area contributed by atoms with Gasteiger partial charge < -0.3 is 14.7 Å². The number of benzene rings is 3. The van der Waals surface area contributed by atoms with Crippen molar-refractivity contribution in [1.82, 2.24) is 4.90 Å². The number of carbonyl (C=O) groups is 2. The maximum atomic E-state index is 13.2. The molecular weight excluding hydrogens is 402 g/mol. The van der Waals surface area contributed by atoms with E-state index in [1.54, 1.807) is 18.1 Å². The SMILES string of the molecule is COc1ccc(C2/C(=C(/O)c3ccc4ccccc4c3)C(=O)C(=O)N2C2CCCC2)cc1. The maximum absolute atomic E-state index is 13.2. The van der Waals surface area contributed by atoms with Crippen LogP contribution in [0.25, 0.3) is 16.5 Å². The first-order valence-corrected chi connectivity index (χ1v) is 11.0. The van der Waals surface area contributed by atoms with Gasteiger partial charge in [0.1, 0.15) is 11.5 Å². The van der Waals surface area contributed by atoms with Gasteiger partial charge in [-0.05, 0) is 47.4 Å². The minimum absolute atomic E-state index is 0.000421. The van der Waals surface area contributed by atoms with Gasteiger partial charge in [0.2, 0.25) is 0 Å². The molecule has 5 heteroatoms. The molecule has 1 aliphatic heterocycles. The van der Waals surface area contributed by atoms with Crippen LogP contribution < -0.4 is 4.74 Å². The van der Waals surface area contributed by atoms with Crippen molar-refractivity contribution in [1.29, 1.82) is 0 Å². The van der Waals surface area contributed by atoms with Crippen molar-refractivity contribution in [2.24, 2.45) is 0 Å². The molecule has 1 amide bonds. The fourth-order valence-corrected chi connectivity index (χ4v) is 5.01. The Bertz CT molecular complexity index is 1220. The van der Waals surface area contributed by atoms with E-state index in [2.05, 4.69) is 0 Å². The fraction of sp³-hybridized carbons (Fsp3) is 0.259. The second kappa shape index (κ2) is 8.15. The molecule has 0 radical (unpaired) electrons. The van der Waals surface area contributed by atoms with Gasteiger partial charge in [0.05, 0.1) is 18.7 Å². The Kier molecular flexibility index (Phi) is 5.17. The van der Waals surface area contributed by atoms with Crippen molar-refractivity contribution in [3.8, 4) is 5.75 Å². The van der Waals surface area contributed by atoms with Gasteiger partial charge in [-0.2, -0.15) is 0 Å². The van der Waals surface area contributed by atoms with E-state index < -0.39 is 17.7 Å². The van der Waals surface area contributed by atoms with E-state index in [-0.39, 0.29) is 17.4 Å². The Labute approximate surface area is 186 Å². The lowest BCUT2D eigenvalue weighted by Gasteiger charge is -2.30. The largest absolute Gasteiger partial charge is 0.507 e. The summed E-state index contributed by atoms with van der Waals surface area (Å²) >= 11 is 0. The highest BCUT2D eigenvalue weighted by Gasteiger charge is 2.49. The smallest absolute Gasteiger partial charge is 0.295 e. The van der Waals surface area contributed by atoms with Crippen molar-refractivity contribution < 1.29 is 19.4 Å². The number of rotatable bonds is 4. The van der Waals surface area contributed by atoms with E-state index in [0.29, 0.717) is 11.3 Å². The molecule has 3 aromatic rings. The number of carbonyl (C=O) groups excluding carboxylic acids is 2. The molecule has 0 aromatic heterocycles. The number of Topliss-reactive ketones (excluding diaryl/α,β-unsaturated/α-hetero) is 1. The molecule has 1 atom stereocenters. The summed E-state index contributed by atoms with van der Waals surface area (Å²) < 4.78 is 5.28. The number of fused-ring (bicyclic) bond motifs is 1. The summed E-state index contributed by atoms with van der Waals surface area (Å²) in [6, 6.07) is 20.2. The zero-order valence-electron chi connectivity index (χ0n) is 18.0. The van der Waals surface area contributed by atoms with Crippen molar-refractivity contribution in [2.75, 3.05) is 7.11 Å². The second-order valence-corrected chi connectivity index (χ2v) is 8.48. The monoisotopic (exact) mass is 427 g/mol. The first kappa shape index (κ1) is 20.3. The number of nitrogens with zero attached hydrogens (tertiary/aromatic N) is 1. The lowest BCUT2D eigenvalue weighted by Crippen LogP contribution is -2.37. The molecule has 32 heavy (non-hydrogen) atoms. The van der Waals surface area contributed by atoms with Crippen LogP contribution in [0.15, 0.2) is 72.3 Å². The molecule has 162 valence electrons. The Balaban J connectivity index is 1.67. The molecule has 1 heterocycles. The third kappa shape index (κ3) is 3.34. The average Bonchev–Trinajstić information content (AvgIpc) is 3.45. The first-order chi connectivity index (χ1) is 15.6. The standard InChI is InChI=1S/C27H25NO4/c1-32-22-14-12-18(13-15-22)24-23(26(30)27(31)28(24)21-8-4-5-9-21)25(29)20-11-10-17-6-2-3-7-19(17)16-20/h2-3,6-7,10-16,21,24,29H,4-5,8-9H2,1H3/b25-23-. The van der Waals surface area contributed by atoms with Gasteiger partial charge in [0.25, 0.3) is 11.7 Å². The molecule has 2 fully saturated rings. The zero-order chi connectivity index (χ0) is 22.2. The van der Waals surface area contributed by atoms with Gasteiger partial charge in [0.15, 0.2) is 0 Å². The lowest BCUT2D eigenvalue weighted by molar-refractivity contribution is -0.141. The Morgan fingerprint density at radius 1 is 0.938 bits per heavy atom. The molecule has 0 spiro atoms. The van der Waals surface area contributed by atoms with Crippen LogP contribution in [0.4, 0.5) is 0 Å². The second-order valence-electron chi connectivity index (χ2n) is 8.48. The highest BCUT2D eigenvalue weighted by Crippen LogP contribution is 2.43. The van der Waals surface area contributed by atoms with E-state index >= 15 is 0 Å². The quantitative estimate of drug-likeness (QED) is 0.352. The number of hydrogen-bond donors (Lipinski definition) is 1. The third-order valence-corrected chi connectivity index (χ3v) is 6.65. The fourth-order valence-electron chi connectivity index (χ4n) is 5.01. The van der Waals surface area contributed by atoms with Crippen LogP contribution >= 0.6 is 0 Å². The van der Waals surface area contributed by atoms with Gasteiger partial charge in [-0.25, -0.2) is 0 Å². The van der Waals surface area contributed by atoms with Crippen LogP contribution in [-0.2, 0) is 9.59 Å². The van der Waals surface area contributed by atoms with Gasteiger partial charge in [-0.1, -0.05) is 61.4 Å². The summed E-state index contributed by atoms with van der Waals surface area (Å²) in [6.45, 7) is 0. The number of aliphatic hydroxyl groups excluding tert-OH is 1. The molecule has 3 aromatic carbocycles. The van der Waals surface area contributed by atoms with Crippen molar-refractivity contribution in [3.63, 3.8) is 0 Å². The Morgan fingerprint density at radius 3 is 2.31 bits per heavy atom. The minimum atomic E-state index is -0.622. The van der Waals surface area contributed by atoms with Crippen molar-refractivity contribution in [2.45, 2.75) is 37.8 Å². The third-order valence-electron chi connectivity index (χ3n) is 6.65. The van der Waals surface area contributed by atoms with Crippen LogP contribution in [0.2, 0.25) is 0 Å². The lowest BCUT2D eigenvalue weighted by atomic mass is 9.94. The summed E-state index contributed by atoms with van der Waals surface area (Å²) in [5, 5.41) is 13.3. The number of aliphatic hydroxyl groups is 1. The molecule has 1 aliphatic carbocycles. The van der Waals surface area contributed by atoms with E-state index in [1.807, 2.05) is 60.7 Å². The number of likely N-dealkylation sites (tertiary alicyclic amines) is 1. The highest BCUT2D eigenvalue weighted by atomic mass is 16.5. The van der Waals surface area contributed by atoms with Crippen molar-refractivity contribution >= 4 is 28.2 Å². The normalized spacial score (nSPS) is 20.9. The van der Waals surface area contributed by atoms with Crippen LogP contribution in [0.1, 0.15) is 42.9 Å². The maximum Gasteiger partial charge on any atom is 0.295 e.